The number of fused-ring (bicyclic) bond motifs is 1. The fourth-order valence-corrected chi connectivity index (χ4v) is 5.43. The number of sulfonamides is 1. The van der Waals surface area contributed by atoms with E-state index < -0.39 is 10.0 Å². The fraction of sp³-hybridized carbons (Fsp3) is 0.208. The number of benzene rings is 2. The van der Waals surface area contributed by atoms with Crippen LogP contribution in [0.5, 0.6) is 0 Å². The van der Waals surface area contributed by atoms with Gasteiger partial charge in [-0.05, 0) is 23.8 Å². The second kappa shape index (κ2) is 9.24. The van der Waals surface area contributed by atoms with Crippen molar-refractivity contribution < 1.29 is 22.5 Å². The number of ether oxygens (including phenoxy) is 1. The smallest absolute Gasteiger partial charge is 0.282 e. The highest BCUT2D eigenvalue weighted by Crippen LogP contribution is 2.30. The van der Waals surface area contributed by atoms with Crippen LogP contribution in [0.4, 0.5) is 5.69 Å². The van der Waals surface area contributed by atoms with Crippen molar-refractivity contribution in [2.24, 2.45) is 0 Å². The van der Waals surface area contributed by atoms with Gasteiger partial charge in [0.15, 0.2) is 10.6 Å². The highest BCUT2D eigenvalue weighted by molar-refractivity contribution is 7.92. The zero-order valence-corrected chi connectivity index (χ0v) is 19.0. The van der Waals surface area contributed by atoms with Crippen molar-refractivity contribution >= 4 is 32.6 Å². The molecule has 0 spiro atoms. The van der Waals surface area contributed by atoms with Gasteiger partial charge in [0.25, 0.3) is 15.9 Å². The lowest BCUT2D eigenvalue weighted by Crippen LogP contribution is -2.40. The standard InChI is InChI=1S/C24H22N4O5S/c29-24(27-11-13-32-14-12-27)19-7-4-8-20(15-19)28(17-18-5-2-1-3-6-18)34(30,31)23-21-16-26-33-22(21)9-10-25-23/h1-10,15-16H,11-14,17H2. The van der Waals surface area contributed by atoms with Gasteiger partial charge in [0.05, 0.1) is 37.0 Å². The molecule has 2 aromatic heterocycles. The summed E-state index contributed by atoms with van der Waals surface area (Å²) in [4.78, 5) is 18.9. The second-order valence-corrected chi connectivity index (χ2v) is 9.58. The summed E-state index contributed by atoms with van der Waals surface area (Å²) in [5.41, 5.74) is 1.87. The van der Waals surface area contributed by atoms with Crippen molar-refractivity contribution in [1.82, 2.24) is 15.0 Å². The Morgan fingerprint density at radius 1 is 1.03 bits per heavy atom. The summed E-state index contributed by atoms with van der Waals surface area (Å²) in [6, 6.07) is 17.5. The van der Waals surface area contributed by atoms with E-state index in [-0.39, 0.29) is 17.5 Å². The van der Waals surface area contributed by atoms with Crippen LogP contribution >= 0.6 is 0 Å². The largest absolute Gasteiger partial charge is 0.378 e. The normalized spacial score (nSPS) is 14.3. The number of hydrogen-bond acceptors (Lipinski definition) is 7. The molecule has 0 saturated carbocycles. The van der Waals surface area contributed by atoms with Crippen molar-refractivity contribution in [3.05, 3.63) is 84.2 Å². The quantitative estimate of drug-likeness (QED) is 0.419. The van der Waals surface area contributed by atoms with Gasteiger partial charge < -0.3 is 14.2 Å². The van der Waals surface area contributed by atoms with Crippen molar-refractivity contribution in [2.75, 3.05) is 30.6 Å². The molecule has 0 atom stereocenters. The molecule has 10 heteroatoms. The van der Waals surface area contributed by atoms with Crippen LogP contribution in [0.3, 0.4) is 0 Å². The van der Waals surface area contributed by atoms with Crippen LogP contribution in [0.25, 0.3) is 11.0 Å². The molecular weight excluding hydrogens is 456 g/mol. The van der Waals surface area contributed by atoms with Gasteiger partial charge in [-0.1, -0.05) is 41.6 Å². The number of carbonyl (C=O) groups excluding carboxylic acids is 1. The molecular formula is C24H22N4O5S. The summed E-state index contributed by atoms with van der Waals surface area (Å²) in [5, 5.41) is 3.85. The van der Waals surface area contributed by atoms with Gasteiger partial charge in [0.1, 0.15) is 0 Å². The SMILES string of the molecule is O=C(c1cccc(N(Cc2ccccc2)S(=O)(=O)c2nccc3oncc23)c1)N1CCOCC1. The molecule has 0 bridgehead atoms. The predicted octanol–water partition coefficient (Wildman–Crippen LogP) is 3.09. The number of carbonyl (C=O) groups is 1. The maximum Gasteiger partial charge on any atom is 0.282 e. The van der Waals surface area contributed by atoms with Gasteiger partial charge in [-0.25, -0.2) is 4.98 Å². The third kappa shape index (κ3) is 4.25. The molecule has 0 aliphatic carbocycles. The number of amides is 1. The van der Waals surface area contributed by atoms with Crippen molar-refractivity contribution in [2.45, 2.75) is 11.6 Å². The molecule has 9 nitrogen and oxygen atoms in total. The van der Waals surface area contributed by atoms with Crippen LogP contribution in [0.1, 0.15) is 15.9 Å². The Balaban J connectivity index is 1.58. The lowest BCUT2D eigenvalue weighted by molar-refractivity contribution is 0.0303. The zero-order valence-electron chi connectivity index (χ0n) is 18.2. The van der Waals surface area contributed by atoms with E-state index in [9.17, 15) is 13.2 Å². The number of anilines is 1. The van der Waals surface area contributed by atoms with E-state index in [2.05, 4.69) is 10.1 Å². The van der Waals surface area contributed by atoms with E-state index in [4.69, 9.17) is 9.26 Å². The number of aromatic nitrogens is 2. The minimum Gasteiger partial charge on any atom is -0.378 e. The summed E-state index contributed by atoms with van der Waals surface area (Å²) in [6.07, 6.45) is 2.72. The molecule has 174 valence electrons. The van der Waals surface area contributed by atoms with Crippen LogP contribution in [-0.4, -0.2) is 55.7 Å². The molecule has 3 heterocycles. The molecule has 1 aliphatic heterocycles. The Morgan fingerprint density at radius 3 is 2.62 bits per heavy atom. The number of pyridine rings is 1. The van der Waals surface area contributed by atoms with Gasteiger partial charge in [0.2, 0.25) is 0 Å². The number of nitrogens with zero attached hydrogens (tertiary/aromatic N) is 4. The lowest BCUT2D eigenvalue weighted by atomic mass is 10.1. The van der Waals surface area contributed by atoms with Crippen molar-refractivity contribution in [3.8, 4) is 0 Å². The average Bonchev–Trinajstić information content (AvgIpc) is 3.37. The van der Waals surface area contributed by atoms with Gasteiger partial charge in [-0.15, -0.1) is 0 Å². The molecule has 5 rings (SSSR count). The van der Waals surface area contributed by atoms with E-state index >= 15 is 0 Å². The first-order valence-electron chi connectivity index (χ1n) is 10.8. The summed E-state index contributed by atoms with van der Waals surface area (Å²) in [6.45, 7) is 2.01. The minimum absolute atomic E-state index is 0.0573. The van der Waals surface area contributed by atoms with Gasteiger partial charge in [-0.2, -0.15) is 8.42 Å². The molecule has 0 radical (unpaired) electrons. The third-order valence-electron chi connectivity index (χ3n) is 5.63. The first kappa shape index (κ1) is 22.1. The highest BCUT2D eigenvalue weighted by atomic mass is 32.2. The van der Waals surface area contributed by atoms with Gasteiger partial charge in [-0.3, -0.25) is 9.10 Å². The maximum absolute atomic E-state index is 13.9. The number of rotatable bonds is 6. The van der Waals surface area contributed by atoms with E-state index in [1.165, 1.54) is 16.7 Å². The van der Waals surface area contributed by atoms with Crippen LogP contribution in [0.2, 0.25) is 0 Å². The maximum atomic E-state index is 13.9. The van der Waals surface area contributed by atoms with Gasteiger partial charge in [0, 0.05) is 30.9 Å². The van der Waals surface area contributed by atoms with Crippen LogP contribution < -0.4 is 4.31 Å². The molecule has 2 aromatic carbocycles. The van der Waals surface area contributed by atoms with E-state index in [1.54, 1.807) is 35.2 Å². The molecule has 1 saturated heterocycles. The molecule has 34 heavy (non-hydrogen) atoms. The molecule has 1 fully saturated rings. The summed E-state index contributed by atoms with van der Waals surface area (Å²) < 4.78 is 39.6. The average molecular weight is 479 g/mol. The monoisotopic (exact) mass is 478 g/mol. The van der Waals surface area contributed by atoms with E-state index in [0.29, 0.717) is 48.5 Å². The molecule has 1 amide bonds. The number of hydrogen-bond donors (Lipinski definition) is 0. The third-order valence-corrected chi connectivity index (χ3v) is 7.36. The van der Waals surface area contributed by atoms with E-state index in [1.807, 2.05) is 30.3 Å². The minimum atomic E-state index is -4.14. The highest BCUT2D eigenvalue weighted by Gasteiger charge is 2.30. The predicted molar refractivity (Wildman–Crippen MR) is 125 cm³/mol. The van der Waals surface area contributed by atoms with E-state index in [0.717, 1.165) is 5.56 Å². The van der Waals surface area contributed by atoms with Crippen LogP contribution in [-0.2, 0) is 21.3 Å². The Hall–Kier alpha value is -3.76. The summed E-state index contributed by atoms with van der Waals surface area (Å²) in [7, 11) is -4.14. The molecule has 1 aliphatic rings. The molecule has 0 unspecified atom stereocenters. The zero-order chi connectivity index (χ0) is 23.5. The van der Waals surface area contributed by atoms with Gasteiger partial charge >= 0.3 is 0 Å². The topological polar surface area (TPSA) is 106 Å². The first-order chi connectivity index (χ1) is 16.5. The molecule has 4 aromatic rings. The Kier molecular flexibility index (Phi) is 5.99. The lowest BCUT2D eigenvalue weighted by Gasteiger charge is -2.28. The van der Waals surface area contributed by atoms with Crippen LogP contribution in [0.15, 0.2) is 82.6 Å². The Morgan fingerprint density at radius 2 is 1.82 bits per heavy atom. The van der Waals surface area contributed by atoms with Crippen LogP contribution in [0, 0.1) is 0 Å². The second-order valence-electron chi connectivity index (χ2n) is 7.81. The van der Waals surface area contributed by atoms with Crippen molar-refractivity contribution in [1.29, 1.82) is 0 Å². The molecule has 0 N–H and O–H groups in total. The summed E-state index contributed by atoms with van der Waals surface area (Å²) in [5.74, 6) is -0.165. The fourth-order valence-electron chi connectivity index (χ4n) is 3.89. The Labute approximate surface area is 196 Å². The summed E-state index contributed by atoms with van der Waals surface area (Å²) >= 11 is 0. The first-order valence-corrected chi connectivity index (χ1v) is 12.2. The Bertz CT molecular complexity index is 1420. The number of morpholine rings is 1. The van der Waals surface area contributed by atoms with Crippen molar-refractivity contribution in [3.63, 3.8) is 0 Å².